The van der Waals surface area contributed by atoms with Crippen LogP contribution in [0.15, 0.2) is 48.5 Å². The minimum atomic E-state index is -0.0128. The summed E-state index contributed by atoms with van der Waals surface area (Å²) < 4.78 is 6.06. The van der Waals surface area contributed by atoms with Crippen LogP contribution in [0.25, 0.3) is 0 Å². The molecule has 1 amide bonds. The van der Waals surface area contributed by atoms with Crippen molar-refractivity contribution in [2.24, 2.45) is 17.8 Å². The average Bonchev–Trinajstić information content (AvgIpc) is 3.46. The first-order valence-corrected chi connectivity index (χ1v) is 10.5. The summed E-state index contributed by atoms with van der Waals surface area (Å²) in [6.45, 7) is 5.27. The van der Waals surface area contributed by atoms with Crippen LogP contribution in [0.1, 0.15) is 35.6 Å². The standard InChI is InChI=1S/C24H28N2O2/c1-16-6-2-3-7-18(16)12-25-24(27)20-14-26(13-17-10-11-17)23-19-8-4-5-9-22(19)28-15-21(20)23/h2-9,17,20-21,23H,10-15H2,1H3,(H,25,27)/t20-,21+,23+/m1/s1. The highest BCUT2D eigenvalue weighted by molar-refractivity contribution is 5.80. The van der Waals surface area contributed by atoms with Gasteiger partial charge in [0.1, 0.15) is 5.75 Å². The van der Waals surface area contributed by atoms with Crippen molar-refractivity contribution in [3.63, 3.8) is 0 Å². The Balaban J connectivity index is 1.35. The summed E-state index contributed by atoms with van der Waals surface area (Å²) in [5, 5.41) is 3.21. The molecule has 2 aliphatic heterocycles. The third-order valence-electron chi connectivity index (χ3n) is 6.66. The molecule has 1 saturated carbocycles. The molecular weight excluding hydrogens is 348 g/mol. The fraction of sp³-hybridized carbons (Fsp3) is 0.458. The quantitative estimate of drug-likeness (QED) is 0.865. The number of benzene rings is 2. The third kappa shape index (κ3) is 3.30. The second-order valence-corrected chi connectivity index (χ2v) is 8.61. The highest BCUT2D eigenvalue weighted by Crippen LogP contribution is 2.48. The number of amides is 1. The Morgan fingerprint density at radius 1 is 1.14 bits per heavy atom. The molecule has 5 rings (SSSR count). The van der Waals surface area contributed by atoms with Crippen LogP contribution >= 0.6 is 0 Å². The molecule has 28 heavy (non-hydrogen) atoms. The van der Waals surface area contributed by atoms with Crippen molar-refractivity contribution in [2.45, 2.75) is 32.4 Å². The summed E-state index contributed by atoms with van der Waals surface area (Å²) in [6, 6.07) is 16.9. The Kier molecular flexibility index (Phi) is 4.59. The van der Waals surface area contributed by atoms with E-state index in [4.69, 9.17) is 4.74 Å². The zero-order valence-electron chi connectivity index (χ0n) is 16.4. The van der Waals surface area contributed by atoms with Gasteiger partial charge in [-0.3, -0.25) is 9.69 Å². The molecule has 3 atom stereocenters. The van der Waals surface area contributed by atoms with Gasteiger partial charge in [-0.05, 0) is 42.9 Å². The molecule has 0 aromatic heterocycles. The van der Waals surface area contributed by atoms with Crippen LogP contribution in [0.4, 0.5) is 0 Å². The molecule has 2 fully saturated rings. The predicted molar refractivity (Wildman–Crippen MR) is 109 cm³/mol. The Bertz CT molecular complexity index is 876. The lowest BCUT2D eigenvalue weighted by atomic mass is 9.85. The van der Waals surface area contributed by atoms with Gasteiger partial charge in [-0.25, -0.2) is 0 Å². The van der Waals surface area contributed by atoms with Crippen molar-refractivity contribution in [3.8, 4) is 5.75 Å². The largest absolute Gasteiger partial charge is 0.493 e. The van der Waals surface area contributed by atoms with Crippen LogP contribution in [0.2, 0.25) is 0 Å². The molecule has 0 unspecified atom stereocenters. The van der Waals surface area contributed by atoms with E-state index in [1.165, 1.54) is 29.5 Å². The number of fused-ring (bicyclic) bond motifs is 3. The second-order valence-electron chi connectivity index (χ2n) is 8.61. The molecule has 2 heterocycles. The van der Waals surface area contributed by atoms with Crippen molar-refractivity contribution >= 4 is 5.91 Å². The number of ether oxygens (including phenoxy) is 1. The van der Waals surface area contributed by atoms with E-state index in [0.717, 1.165) is 24.8 Å². The van der Waals surface area contributed by atoms with Crippen LogP contribution < -0.4 is 10.1 Å². The van der Waals surface area contributed by atoms with Gasteiger partial charge in [-0.1, -0.05) is 42.5 Å². The summed E-state index contributed by atoms with van der Waals surface area (Å²) in [4.78, 5) is 15.7. The molecule has 1 aliphatic carbocycles. The number of nitrogens with zero attached hydrogens (tertiary/aromatic N) is 1. The van der Waals surface area contributed by atoms with E-state index in [-0.39, 0.29) is 17.7 Å². The van der Waals surface area contributed by atoms with Crippen LogP contribution in [0, 0.1) is 24.7 Å². The monoisotopic (exact) mass is 376 g/mol. The normalized spacial score (nSPS) is 26.2. The van der Waals surface area contributed by atoms with Crippen molar-refractivity contribution in [3.05, 3.63) is 65.2 Å². The molecule has 0 spiro atoms. The highest BCUT2D eigenvalue weighted by atomic mass is 16.5. The summed E-state index contributed by atoms with van der Waals surface area (Å²) >= 11 is 0. The molecular formula is C24H28N2O2. The first-order chi connectivity index (χ1) is 13.7. The van der Waals surface area contributed by atoms with Crippen molar-refractivity contribution in [1.82, 2.24) is 10.2 Å². The van der Waals surface area contributed by atoms with Gasteiger partial charge in [-0.2, -0.15) is 0 Å². The van der Waals surface area contributed by atoms with E-state index >= 15 is 0 Å². The van der Waals surface area contributed by atoms with Gasteiger partial charge in [0.2, 0.25) is 5.91 Å². The first kappa shape index (κ1) is 17.7. The fourth-order valence-electron chi connectivity index (χ4n) is 4.89. The average molecular weight is 377 g/mol. The van der Waals surface area contributed by atoms with Gasteiger partial charge in [0.15, 0.2) is 0 Å². The molecule has 0 bridgehead atoms. The zero-order chi connectivity index (χ0) is 19.1. The number of nitrogens with one attached hydrogen (secondary N) is 1. The Labute approximate surface area is 166 Å². The number of para-hydroxylation sites is 1. The van der Waals surface area contributed by atoms with Gasteiger partial charge in [0.25, 0.3) is 0 Å². The maximum Gasteiger partial charge on any atom is 0.225 e. The third-order valence-corrected chi connectivity index (χ3v) is 6.66. The van der Waals surface area contributed by atoms with Crippen molar-refractivity contribution in [1.29, 1.82) is 0 Å². The zero-order valence-corrected chi connectivity index (χ0v) is 16.4. The summed E-state index contributed by atoms with van der Waals surface area (Å²) in [7, 11) is 0. The number of hydrogen-bond donors (Lipinski definition) is 1. The minimum absolute atomic E-state index is 0.0128. The molecule has 146 valence electrons. The smallest absolute Gasteiger partial charge is 0.225 e. The maximum absolute atomic E-state index is 13.2. The number of aryl methyl sites for hydroxylation is 1. The number of likely N-dealkylation sites (tertiary alicyclic amines) is 1. The van der Waals surface area contributed by atoms with Gasteiger partial charge in [-0.15, -0.1) is 0 Å². The second kappa shape index (κ2) is 7.25. The summed E-state index contributed by atoms with van der Waals surface area (Å²) in [5.74, 6) is 2.18. The Morgan fingerprint density at radius 2 is 1.93 bits per heavy atom. The molecule has 4 heteroatoms. The lowest BCUT2D eigenvalue weighted by Crippen LogP contribution is -2.38. The summed E-state index contributed by atoms with van der Waals surface area (Å²) in [6.07, 6.45) is 2.66. The number of hydrogen-bond acceptors (Lipinski definition) is 3. The highest BCUT2D eigenvalue weighted by Gasteiger charge is 2.49. The van der Waals surface area contributed by atoms with Gasteiger partial charge < -0.3 is 10.1 Å². The molecule has 0 radical (unpaired) electrons. The molecule has 2 aromatic rings. The molecule has 1 saturated heterocycles. The van der Waals surface area contributed by atoms with Crippen molar-refractivity contribution < 1.29 is 9.53 Å². The van der Waals surface area contributed by atoms with E-state index in [9.17, 15) is 4.79 Å². The van der Waals surface area contributed by atoms with E-state index < -0.39 is 0 Å². The SMILES string of the molecule is Cc1ccccc1CNC(=O)[C@@H]1CN(CC2CC2)[C@H]2c3ccccc3OC[C@@H]12. The number of carbonyl (C=O) groups excluding carboxylic acids is 1. The summed E-state index contributed by atoms with van der Waals surface area (Å²) in [5.41, 5.74) is 3.66. The lowest BCUT2D eigenvalue weighted by Gasteiger charge is -2.34. The van der Waals surface area contributed by atoms with Crippen LogP contribution in [-0.4, -0.2) is 30.5 Å². The molecule has 1 N–H and O–H groups in total. The van der Waals surface area contributed by atoms with Gasteiger partial charge in [0.05, 0.1) is 12.5 Å². The van der Waals surface area contributed by atoms with Gasteiger partial charge >= 0.3 is 0 Å². The van der Waals surface area contributed by atoms with Crippen LogP contribution in [0.3, 0.4) is 0 Å². The topological polar surface area (TPSA) is 41.6 Å². The first-order valence-electron chi connectivity index (χ1n) is 10.5. The Hall–Kier alpha value is -2.33. The minimum Gasteiger partial charge on any atom is -0.493 e. The number of rotatable bonds is 5. The van der Waals surface area contributed by atoms with Crippen LogP contribution in [-0.2, 0) is 11.3 Å². The van der Waals surface area contributed by atoms with Crippen LogP contribution in [0.5, 0.6) is 5.75 Å². The maximum atomic E-state index is 13.2. The predicted octanol–water partition coefficient (Wildman–Crippen LogP) is 3.70. The van der Waals surface area contributed by atoms with E-state index in [0.29, 0.717) is 19.2 Å². The number of carbonyl (C=O) groups is 1. The van der Waals surface area contributed by atoms with Gasteiger partial charge in [0, 0.05) is 37.2 Å². The Morgan fingerprint density at radius 3 is 2.75 bits per heavy atom. The molecule has 4 nitrogen and oxygen atoms in total. The van der Waals surface area contributed by atoms with Crippen molar-refractivity contribution in [2.75, 3.05) is 19.7 Å². The molecule has 3 aliphatic rings. The van der Waals surface area contributed by atoms with E-state index in [2.05, 4.69) is 47.5 Å². The van der Waals surface area contributed by atoms with E-state index in [1.54, 1.807) is 0 Å². The molecule has 2 aromatic carbocycles. The lowest BCUT2D eigenvalue weighted by molar-refractivity contribution is -0.126. The van der Waals surface area contributed by atoms with E-state index in [1.807, 2.05) is 18.2 Å². The fourth-order valence-corrected chi connectivity index (χ4v) is 4.89.